The number of halogens is 2. The fourth-order valence-electron chi connectivity index (χ4n) is 4.25. The maximum absolute atomic E-state index is 14.8. The van der Waals surface area contributed by atoms with Crippen LogP contribution in [0.2, 0.25) is 0 Å². The number of nitrogens with two attached hydrogens (primary N) is 1. The quantitative estimate of drug-likeness (QED) is 0.460. The standard InChI is InChI=1S/C24H25F2N7/c1-15-5-4-6-17(13-15)33-22(27)20-21(18-14-16(25)7-8-19(18)26)29-24(30-23(20)31-33)28-9-12-32-10-2-3-11-32/h4-8,13-14H,2-3,9-12,27H2,1H3,(H,28,30,31). The van der Waals surface area contributed by atoms with Crippen molar-refractivity contribution >= 4 is 22.8 Å². The lowest BCUT2D eigenvalue weighted by atomic mass is 10.1. The van der Waals surface area contributed by atoms with E-state index in [-0.39, 0.29) is 17.1 Å². The lowest BCUT2D eigenvalue weighted by Crippen LogP contribution is -2.26. The van der Waals surface area contributed by atoms with Gasteiger partial charge in [0.1, 0.15) is 17.5 Å². The second kappa shape index (κ2) is 8.74. The molecule has 0 bridgehead atoms. The first kappa shape index (κ1) is 21.3. The highest BCUT2D eigenvalue weighted by Crippen LogP contribution is 2.34. The monoisotopic (exact) mass is 449 g/mol. The zero-order chi connectivity index (χ0) is 22.9. The first-order valence-corrected chi connectivity index (χ1v) is 11.0. The first-order chi connectivity index (χ1) is 16.0. The summed E-state index contributed by atoms with van der Waals surface area (Å²) >= 11 is 0. The number of benzene rings is 2. The molecule has 2 aromatic heterocycles. The topological polar surface area (TPSA) is 84.9 Å². The number of rotatable bonds is 6. The summed E-state index contributed by atoms with van der Waals surface area (Å²) in [6.07, 6.45) is 2.42. The van der Waals surface area contributed by atoms with Gasteiger partial charge >= 0.3 is 0 Å². The van der Waals surface area contributed by atoms with E-state index in [2.05, 4.69) is 25.3 Å². The van der Waals surface area contributed by atoms with Crippen molar-refractivity contribution in [1.29, 1.82) is 0 Å². The van der Waals surface area contributed by atoms with Crippen LogP contribution >= 0.6 is 0 Å². The summed E-state index contributed by atoms with van der Waals surface area (Å²) in [5.74, 6) is -0.597. The summed E-state index contributed by atoms with van der Waals surface area (Å²) in [7, 11) is 0. The van der Waals surface area contributed by atoms with E-state index < -0.39 is 11.6 Å². The Morgan fingerprint density at radius 1 is 1.06 bits per heavy atom. The van der Waals surface area contributed by atoms with E-state index in [4.69, 9.17) is 5.73 Å². The minimum absolute atomic E-state index is 0.0143. The molecule has 1 fully saturated rings. The highest BCUT2D eigenvalue weighted by Gasteiger charge is 2.22. The normalized spacial score (nSPS) is 14.3. The van der Waals surface area contributed by atoms with Gasteiger partial charge in [-0.3, -0.25) is 0 Å². The van der Waals surface area contributed by atoms with Crippen molar-refractivity contribution in [2.45, 2.75) is 19.8 Å². The van der Waals surface area contributed by atoms with Crippen LogP contribution in [0.15, 0.2) is 42.5 Å². The summed E-state index contributed by atoms with van der Waals surface area (Å²) in [6, 6.07) is 11.0. The maximum Gasteiger partial charge on any atom is 0.225 e. The molecule has 0 unspecified atom stereocenters. The van der Waals surface area contributed by atoms with E-state index in [0.717, 1.165) is 49.1 Å². The van der Waals surface area contributed by atoms with E-state index in [0.29, 0.717) is 23.5 Å². The molecule has 3 heterocycles. The van der Waals surface area contributed by atoms with Crippen molar-refractivity contribution in [3.63, 3.8) is 0 Å². The van der Waals surface area contributed by atoms with Gasteiger partial charge in [0.2, 0.25) is 5.95 Å². The van der Waals surface area contributed by atoms with Crippen LogP contribution in [0.4, 0.5) is 20.5 Å². The summed E-state index contributed by atoms with van der Waals surface area (Å²) in [5.41, 5.74) is 8.78. The number of likely N-dealkylation sites (tertiary alicyclic amines) is 1. The highest BCUT2D eigenvalue weighted by molar-refractivity contribution is 5.99. The third-order valence-electron chi connectivity index (χ3n) is 5.91. The van der Waals surface area contributed by atoms with Gasteiger partial charge in [0.05, 0.1) is 16.8 Å². The summed E-state index contributed by atoms with van der Waals surface area (Å²) in [6.45, 7) is 5.62. The van der Waals surface area contributed by atoms with Crippen LogP contribution in [-0.4, -0.2) is 50.8 Å². The lowest BCUT2D eigenvalue weighted by Gasteiger charge is -2.15. The van der Waals surface area contributed by atoms with Gasteiger partial charge in [-0.15, -0.1) is 5.10 Å². The Morgan fingerprint density at radius 2 is 1.88 bits per heavy atom. The molecule has 1 saturated heterocycles. The molecule has 0 aliphatic carbocycles. The minimum Gasteiger partial charge on any atom is -0.383 e. The predicted octanol–water partition coefficient (Wildman–Crippen LogP) is 4.16. The number of aromatic nitrogens is 4. The maximum atomic E-state index is 14.8. The number of nitrogens with zero attached hydrogens (tertiary/aromatic N) is 5. The molecule has 1 aliphatic rings. The van der Waals surface area contributed by atoms with Crippen LogP contribution in [0.1, 0.15) is 18.4 Å². The number of hydrogen-bond donors (Lipinski definition) is 2. The molecule has 0 amide bonds. The molecule has 7 nitrogen and oxygen atoms in total. The van der Waals surface area contributed by atoms with Crippen molar-refractivity contribution < 1.29 is 8.78 Å². The summed E-state index contributed by atoms with van der Waals surface area (Å²) < 4.78 is 30.4. The average molecular weight is 450 g/mol. The Labute approximate surface area is 190 Å². The second-order valence-electron chi connectivity index (χ2n) is 8.33. The Balaban J connectivity index is 1.61. The van der Waals surface area contributed by atoms with E-state index >= 15 is 0 Å². The highest BCUT2D eigenvalue weighted by atomic mass is 19.1. The van der Waals surface area contributed by atoms with Crippen LogP contribution < -0.4 is 11.1 Å². The molecule has 4 aromatic rings. The van der Waals surface area contributed by atoms with Gasteiger partial charge in [0, 0.05) is 18.7 Å². The van der Waals surface area contributed by atoms with Gasteiger partial charge in [0.25, 0.3) is 0 Å². The lowest BCUT2D eigenvalue weighted by molar-refractivity contribution is 0.352. The van der Waals surface area contributed by atoms with Crippen LogP contribution in [0, 0.1) is 18.6 Å². The van der Waals surface area contributed by atoms with Crippen LogP contribution in [0.5, 0.6) is 0 Å². The van der Waals surface area contributed by atoms with Crippen molar-refractivity contribution in [3.05, 3.63) is 59.7 Å². The minimum atomic E-state index is -0.595. The Bertz CT molecular complexity index is 1310. The molecule has 0 radical (unpaired) electrons. The van der Waals surface area contributed by atoms with E-state index in [1.165, 1.54) is 12.8 Å². The van der Waals surface area contributed by atoms with Crippen molar-refractivity contribution in [3.8, 4) is 16.9 Å². The molecule has 5 rings (SSSR count). The van der Waals surface area contributed by atoms with E-state index in [1.807, 2.05) is 31.2 Å². The molecular weight excluding hydrogens is 424 g/mol. The largest absolute Gasteiger partial charge is 0.383 e. The SMILES string of the molecule is Cc1cccc(-n2nc3nc(NCCN4CCCC4)nc(-c4cc(F)ccc4F)c3c2N)c1. The Morgan fingerprint density at radius 3 is 2.67 bits per heavy atom. The molecule has 2 aromatic carbocycles. The van der Waals surface area contributed by atoms with Gasteiger partial charge in [-0.05, 0) is 68.8 Å². The van der Waals surface area contributed by atoms with Gasteiger partial charge < -0.3 is 16.0 Å². The zero-order valence-corrected chi connectivity index (χ0v) is 18.4. The van der Waals surface area contributed by atoms with Crippen LogP contribution in [0.25, 0.3) is 28.0 Å². The number of hydrogen-bond acceptors (Lipinski definition) is 6. The summed E-state index contributed by atoms with van der Waals surface area (Å²) in [4.78, 5) is 11.4. The van der Waals surface area contributed by atoms with E-state index in [1.54, 1.807) is 4.68 Å². The van der Waals surface area contributed by atoms with Crippen molar-refractivity contribution in [1.82, 2.24) is 24.6 Å². The van der Waals surface area contributed by atoms with Gasteiger partial charge in [0.15, 0.2) is 5.65 Å². The number of nitrogen functional groups attached to an aromatic ring is 1. The fourth-order valence-corrected chi connectivity index (χ4v) is 4.25. The number of aryl methyl sites for hydroxylation is 1. The molecule has 170 valence electrons. The molecular formula is C24H25F2N7. The molecule has 3 N–H and O–H groups in total. The Hall–Kier alpha value is -3.59. The van der Waals surface area contributed by atoms with E-state index in [9.17, 15) is 8.78 Å². The fraction of sp³-hybridized carbons (Fsp3) is 0.292. The molecule has 1 aliphatic heterocycles. The zero-order valence-electron chi connectivity index (χ0n) is 18.4. The predicted molar refractivity (Wildman–Crippen MR) is 125 cm³/mol. The number of nitrogens with one attached hydrogen (secondary N) is 1. The number of anilines is 2. The molecule has 33 heavy (non-hydrogen) atoms. The first-order valence-electron chi connectivity index (χ1n) is 11.0. The average Bonchev–Trinajstić information content (AvgIpc) is 3.43. The second-order valence-corrected chi connectivity index (χ2v) is 8.33. The van der Waals surface area contributed by atoms with Crippen molar-refractivity contribution in [2.75, 3.05) is 37.2 Å². The summed E-state index contributed by atoms with van der Waals surface area (Å²) in [5, 5.41) is 8.18. The van der Waals surface area contributed by atoms with Gasteiger partial charge in [-0.2, -0.15) is 4.98 Å². The van der Waals surface area contributed by atoms with Gasteiger partial charge in [-0.25, -0.2) is 18.4 Å². The molecule has 0 saturated carbocycles. The van der Waals surface area contributed by atoms with Crippen LogP contribution in [0.3, 0.4) is 0 Å². The van der Waals surface area contributed by atoms with Gasteiger partial charge in [-0.1, -0.05) is 12.1 Å². The smallest absolute Gasteiger partial charge is 0.225 e. The molecule has 9 heteroatoms. The van der Waals surface area contributed by atoms with Crippen LogP contribution in [-0.2, 0) is 0 Å². The Kier molecular flexibility index (Phi) is 5.63. The molecule has 0 atom stereocenters. The third kappa shape index (κ3) is 4.23. The van der Waals surface area contributed by atoms with Crippen molar-refractivity contribution in [2.24, 2.45) is 0 Å². The third-order valence-corrected chi connectivity index (χ3v) is 5.91. The molecule has 0 spiro atoms. The number of fused-ring (bicyclic) bond motifs is 1.